The van der Waals surface area contributed by atoms with Crippen LogP contribution in [0.25, 0.3) is 0 Å². The number of hydrogen-bond acceptors (Lipinski definition) is 4. The molecule has 0 bridgehead atoms. The molecule has 0 aliphatic carbocycles. The average Bonchev–Trinajstić information content (AvgIpc) is 2.28. The molecule has 0 aromatic carbocycles. The molecule has 7 heteroatoms. The van der Waals surface area contributed by atoms with E-state index in [1.54, 1.807) is 0 Å². The normalized spacial score (nSPS) is 21.6. The standard InChI is InChI=1S/C10H13F3N4/c1-7-6-17(3-2-14-7)9-15-4-8(5-16-9)10(11,12)13/h4-5,7,14H,2-3,6H2,1H3. The predicted octanol–water partition coefficient (Wildman–Crippen LogP) is 1.29. The lowest BCUT2D eigenvalue weighted by molar-refractivity contribution is -0.138. The van der Waals surface area contributed by atoms with Crippen molar-refractivity contribution < 1.29 is 13.2 Å². The van der Waals surface area contributed by atoms with E-state index < -0.39 is 11.7 Å². The minimum atomic E-state index is -4.38. The van der Waals surface area contributed by atoms with Crippen molar-refractivity contribution in [3.05, 3.63) is 18.0 Å². The molecule has 1 aromatic heterocycles. The second-order valence-electron chi connectivity index (χ2n) is 4.07. The summed E-state index contributed by atoms with van der Waals surface area (Å²) in [5.74, 6) is 0.353. The van der Waals surface area contributed by atoms with Crippen LogP contribution in [-0.4, -0.2) is 35.6 Å². The number of alkyl halides is 3. The van der Waals surface area contributed by atoms with Gasteiger partial charge in [-0.3, -0.25) is 0 Å². The lowest BCUT2D eigenvalue weighted by Gasteiger charge is -2.31. The zero-order valence-corrected chi connectivity index (χ0v) is 9.33. The van der Waals surface area contributed by atoms with Gasteiger partial charge in [-0.25, -0.2) is 9.97 Å². The second-order valence-corrected chi connectivity index (χ2v) is 4.07. The molecule has 1 fully saturated rings. The van der Waals surface area contributed by atoms with Crippen LogP contribution >= 0.6 is 0 Å². The van der Waals surface area contributed by atoms with E-state index in [2.05, 4.69) is 15.3 Å². The highest BCUT2D eigenvalue weighted by atomic mass is 19.4. The fraction of sp³-hybridized carbons (Fsp3) is 0.600. The van der Waals surface area contributed by atoms with Crippen LogP contribution in [0.4, 0.5) is 19.1 Å². The zero-order chi connectivity index (χ0) is 12.5. The third-order valence-electron chi connectivity index (χ3n) is 2.62. The number of nitrogens with one attached hydrogen (secondary N) is 1. The summed E-state index contributed by atoms with van der Waals surface area (Å²) in [7, 11) is 0. The molecule has 1 aliphatic heterocycles. The number of rotatable bonds is 1. The molecular formula is C10H13F3N4. The number of anilines is 1. The molecule has 2 heterocycles. The van der Waals surface area contributed by atoms with Gasteiger partial charge in [0.05, 0.1) is 5.56 Å². The van der Waals surface area contributed by atoms with Gasteiger partial charge in [0, 0.05) is 38.1 Å². The first kappa shape index (κ1) is 12.1. The largest absolute Gasteiger partial charge is 0.419 e. The van der Waals surface area contributed by atoms with Crippen LogP contribution in [0.15, 0.2) is 12.4 Å². The van der Waals surface area contributed by atoms with E-state index in [9.17, 15) is 13.2 Å². The van der Waals surface area contributed by atoms with Crippen LogP contribution in [0.3, 0.4) is 0 Å². The summed E-state index contributed by atoms with van der Waals surface area (Å²) >= 11 is 0. The van der Waals surface area contributed by atoms with Gasteiger partial charge in [-0.1, -0.05) is 0 Å². The molecule has 1 N–H and O–H groups in total. The monoisotopic (exact) mass is 246 g/mol. The van der Waals surface area contributed by atoms with E-state index in [0.717, 1.165) is 18.9 Å². The van der Waals surface area contributed by atoms with E-state index in [1.165, 1.54) is 0 Å². The van der Waals surface area contributed by atoms with Crippen molar-refractivity contribution in [1.82, 2.24) is 15.3 Å². The Labute approximate surface area is 96.9 Å². The summed E-state index contributed by atoms with van der Waals surface area (Å²) in [5, 5.41) is 3.24. The van der Waals surface area contributed by atoms with Crippen molar-refractivity contribution in [2.45, 2.75) is 19.1 Å². The lowest BCUT2D eigenvalue weighted by atomic mass is 10.2. The highest BCUT2D eigenvalue weighted by Gasteiger charge is 2.31. The molecule has 0 saturated carbocycles. The van der Waals surface area contributed by atoms with Crippen LogP contribution < -0.4 is 10.2 Å². The van der Waals surface area contributed by atoms with Crippen molar-refractivity contribution >= 4 is 5.95 Å². The lowest BCUT2D eigenvalue weighted by Crippen LogP contribution is -2.49. The maximum atomic E-state index is 12.3. The van der Waals surface area contributed by atoms with Crippen LogP contribution in [0, 0.1) is 0 Å². The Balaban J connectivity index is 2.12. The smallest absolute Gasteiger partial charge is 0.338 e. The number of halogens is 3. The molecule has 1 atom stereocenters. The summed E-state index contributed by atoms with van der Waals surface area (Å²) in [6.07, 6.45) is -2.72. The van der Waals surface area contributed by atoms with Gasteiger partial charge in [0.1, 0.15) is 0 Å². The van der Waals surface area contributed by atoms with Crippen molar-refractivity contribution in [2.24, 2.45) is 0 Å². The Kier molecular flexibility index (Phi) is 3.19. The number of nitrogens with zero attached hydrogens (tertiary/aromatic N) is 3. The van der Waals surface area contributed by atoms with Crippen molar-refractivity contribution in [1.29, 1.82) is 0 Å². The van der Waals surface area contributed by atoms with Crippen molar-refractivity contribution in [2.75, 3.05) is 24.5 Å². The molecule has 1 aromatic rings. The third kappa shape index (κ3) is 2.85. The zero-order valence-electron chi connectivity index (χ0n) is 9.33. The van der Waals surface area contributed by atoms with E-state index >= 15 is 0 Å². The molecule has 1 saturated heterocycles. The summed E-state index contributed by atoms with van der Waals surface area (Å²) < 4.78 is 37.0. The van der Waals surface area contributed by atoms with Gasteiger partial charge < -0.3 is 10.2 Å². The van der Waals surface area contributed by atoms with Crippen LogP contribution in [-0.2, 0) is 6.18 Å². The van der Waals surface area contributed by atoms with E-state index in [1.807, 2.05) is 11.8 Å². The van der Waals surface area contributed by atoms with Gasteiger partial charge in [-0.05, 0) is 6.92 Å². The summed E-state index contributed by atoms with van der Waals surface area (Å²) in [4.78, 5) is 9.42. The first-order chi connectivity index (χ1) is 7.97. The average molecular weight is 246 g/mol. The van der Waals surface area contributed by atoms with Crippen molar-refractivity contribution in [3.8, 4) is 0 Å². The molecule has 1 unspecified atom stereocenters. The summed E-state index contributed by atoms with van der Waals surface area (Å²) in [5.41, 5.74) is -0.815. The Morgan fingerprint density at radius 3 is 2.53 bits per heavy atom. The molecule has 0 amide bonds. The van der Waals surface area contributed by atoms with Crippen LogP contribution in [0.1, 0.15) is 12.5 Å². The SMILES string of the molecule is CC1CN(c2ncc(C(F)(F)F)cn2)CCN1. The Hall–Kier alpha value is -1.37. The van der Waals surface area contributed by atoms with Gasteiger partial charge >= 0.3 is 6.18 Å². The molecule has 94 valence electrons. The van der Waals surface area contributed by atoms with Gasteiger partial charge in [0.15, 0.2) is 0 Å². The quantitative estimate of drug-likeness (QED) is 0.810. The minimum Gasteiger partial charge on any atom is -0.338 e. The maximum Gasteiger partial charge on any atom is 0.419 e. The molecular weight excluding hydrogens is 233 g/mol. The van der Waals surface area contributed by atoms with Crippen LogP contribution in [0.5, 0.6) is 0 Å². The fourth-order valence-electron chi connectivity index (χ4n) is 1.74. The predicted molar refractivity (Wildman–Crippen MR) is 56.7 cm³/mol. The van der Waals surface area contributed by atoms with Crippen molar-refractivity contribution in [3.63, 3.8) is 0 Å². The first-order valence-corrected chi connectivity index (χ1v) is 5.34. The summed E-state index contributed by atoms with van der Waals surface area (Å²) in [6.45, 7) is 4.20. The molecule has 0 spiro atoms. The second kappa shape index (κ2) is 4.48. The highest BCUT2D eigenvalue weighted by molar-refractivity contribution is 5.31. The Bertz CT molecular complexity index is 376. The fourth-order valence-corrected chi connectivity index (χ4v) is 1.74. The van der Waals surface area contributed by atoms with E-state index in [-0.39, 0.29) is 6.04 Å². The molecule has 1 aliphatic rings. The molecule has 0 radical (unpaired) electrons. The number of hydrogen-bond donors (Lipinski definition) is 1. The first-order valence-electron chi connectivity index (χ1n) is 5.34. The Morgan fingerprint density at radius 2 is 2.00 bits per heavy atom. The van der Waals surface area contributed by atoms with Crippen LogP contribution in [0.2, 0.25) is 0 Å². The topological polar surface area (TPSA) is 41.1 Å². The molecule has 2 rings (SSSR count). The van der Waals surface area contributed by atoms with Gasteiger partial charge in [0.25, 0.3) is 0 Å². The number of aromatic nitrogens is 2. The molecule has 4 nitrogen and oxygen atoms in total. The highest BCUT2D eigenvalue weighted by Crippen LogP contribution is 2.28. The van der Waals surface area contributed by atoms with Gasteiger partial charge in [-0.2, -0.15) is 13.2 Å². The van der Waals surface area contributed by atoms with E-state index in [0.29, 0.717) is 19.0 Å². The Morgan fingerprint density at radius 1 is 1.35 bits per heavy atom. The van der Waals surface area contributed by atoms with E-state index in [4.69, 9.17) is 0 Å². The summed E-state index contributed by atoms with van der Waals surface area (Å²) in [6, 6.07) is 0.287. The third-order valence-corrected chi connectivity index (χ3v) is 2.62. The van der Waals surface area contributed by atoms with Gasteiger partial charge in [0.2, 0.25) is 5.95 Å². The number of piperazine rings is 1. The minimum absolute atomic E-state index is 0.287. The maximum absolute atomic E-state index is 12.3. The molecule has 17 heavy (non-hydrogen) atoms. The van der Waals surface area contributed by atoms with Gasteiger partial charge in [-0.15, -0.1) is 0 Å².